The van der Waals surface area contributed by atoms with Gasteiger partial charge in [0.1, 0.15) is 0 Å². The Hall–Kier alpha value is -1.63. The molecule has 1 saturated heterocycles. The van der Waals surface area contributed by atoms with Crippen molar-refractivity contribution in [3.63, 3.8) is 0 Å². The summed E-state index contributed by atoms with van der Waals surface area (Å²) >= 11 is 0. The van der Waals surface area contributed by atoms with E-state index in [-0.39, 0.29) is 30.7 Å². The van der Waals surface area contributed by atoms with Gasteiger partial charge in [-0.3, -0.25) is 9.69 Å². The van der Waals surface area contributed by atoms with Crippen molar-refractivity contribution in [2.45, 2.75) is 19.6 Å². The van der Waals surface area contributed by atoms with Crippen LogP contribution in [0.2, 0.25) is 0 Å². The quantitative estimate of drug-likeness (QED) is 0.813. The monoisotopic (exact) mass is 409 g/mol. The number of carbonyl (C=O) groups is 1. The Kier molecular flexibility index (Phi) is 8.07. The Morgan fingerprint density at radius 1 is 1.00 bits per heavy atom. The van der Waals surface area contributed by atoms with Crippen LogP contribution < -0.4 is 10.6 Å². The molecule has 5 nitrogen and oxygen atoms in total. The molecular formula is C20H25Cl2N3O2. The van der Waals surface area contributed by atoms with Crippen LogP contribution in [0.1, 0.15) is 27.0 Å². The average molecular weight is 410 g/mol. The highest BCUT2D eigenvalue weighted by atomic mass is 35.5. The Morgan fingerprint density at radius 3 is 2.44 bits per heavy atom. The smallest absolute Gasteiger partial charge is 0.255 e. The Balaban J connectivity index is 0.00000131. The van der Waals surface area contributed by atoms with E-state index in [0.29, 0.717) is 5.56 Å². The third-order valence-corrected chi connectivity index (χ3v) is 4.82. The number of benzene rings is 2. The molecule has 0 atom stereocenters. The first kappa shape index (κ1) is 21.7. The van der Waals surface area contributed by atoms with Gasteiger partial charge in [-0.05, 0) is 41.0 Å². The van der Waals surface area contributed by atoms with Crippen molar-refractivity contribution in [3.05, 3.63) is 64.7 Å². The number of anilines is 1. The van der Waals surface area contributed by atoms with Gasteiger partial charge in [0, 0.05) is 44.0 Å². The molecule has 1 amide bonds. The number of halogens is 2. The zero-order chi connectivity index (χ0) is 17.1. The second kappa shape index (κ2) is 10.1. The molecule has 4 rings (SSSR count). The standard InChI is InChI=1S/C20H23N3O2.2ClH/c24-20(16-3-4-17-12-21-13-18(17)11-16)22-19-5-1-15(2-6-19)14-23-7-9-25-10-8-23;;/h1-6,11,21H,7-10,12-14H2,(H,22,24);2*1H. The van der Waals surface area contributed by atoms with Crippen LogP contribution in [0.5, 0.6) is 0 Å². The Bertz CT molecular complexity index is 762. The Morgan fingerprint density at radius 2 is 1.70 bits per heavy atom. The lowest BCUT2D eigenvalue weighted by molar-refractivity contribution is 0.0342. The molecule has 0 spiro atoms. The second-order valence-corrected chi connectivity index (χ2v) is 6.63. The van der Waals surface area contributed by atoms with Crippen LogP contribution in [0.4, 0.5) is 5.69 Å². The summed E-state index contributed by atoms with van der Waals surface area (Å²) in [7, 11) is 0. The van der Waals surface area contributed by atoms with Crippen LogP contribution in [0.25, 0.3) is 0 Å². The molecule has 27 heavy (non-hydrogen) atoms. The van der Waals surface area contributed by atoms with Gasteiger partial charge in [0.25, 0.3) is 5.91 Å². The second-order valence-electron chi connectivity index (χ2n) is 6.63. The number of hydrogen-bond acceptors (Lipinski definition) is 4. The van der Waals surface area contributed by atoms with Gasteiger partial charge in [0.05, 0.1) is 13.2 Å². The molecule has 0 aliphatic carbocycles. The van der Waals surface area contributed by atoms with Gasteiger partial charge in [-0.2, -0.15) is 0 Å². The molecule has 7 heteroatoms. The summed E-state index contributed by atoms with van der Waals surface area (Å²) < 4.78 is 5.38. The summed E-state index contributed by atoms with van der Waals surface area (Å²) in [6, 6.07) is 14.0. The normalized spacial score (nSPS) is 16.0. The first-order valence-corrected chi connectivity index (χ1v) is 8.81. The van der Waals surface area contributed by atoms with Crippen molar-refractivity contribution in [1.29, 1.82) is 0 Å². The van der Waals surface area contributed by atoms with Crippen LogP contribution in [0.15, 0.2) is 42.5 Å². The van der Waals surface area contributed by atoms with Crippen molar-refractivity contribution < 1.29 is 9.53 Å². The minimum atomic E-state index is -0.0596. The summed E-state index contributed by atoms with van der Waals surface area (Å²) in [5.74, 6) is -0.0596. The van der Waals surface area contributed by atoms with E-state index in [1.807, 2.05) is 30.3 Å². The number of morpholine rings is 1. The summed E-state index contributed by atoms with van der Waals surface area (Å²) in [5, 5.41) is 6.29. The predicted octanol–water partition coefficient (Wildman–Crippen LogP) is 3.22. The highest BCUT2D eigenvalue weighted by Crippen LogP contribution is 2.19. The van der Waals surface area contributed by atoms with E-state index in [1.165, 1.54) is 16.7 Å². The lowest BCUT2D eigenvalue weighted by atomic mass is 10.1. The third-order valence-electron chi connectivity index (χ3n) is 4.82. The molecule has 2 aliphatic heterocycles. The maximum Gasteiger partial charge on any atom is 0.255 e. The van der Waals surface area contributed by atoms with Crippen LogP contribution in [0.3, 0.4) is 0 Å². The van der Waals surface area contributed by atoms with E-state index in [2.05, 4.69) is 27.7 Å². The van der Waals surface area contributed by atoms with E-state index in [0.717, 1.165) is 51.6 Å². The summed E-state index contributed by atoms with van der Waals surface area (Å²) in [6.07, 6.45) is 0. The van der Waals surface area contributed by atoms with Crippen molar-refractivity contribution in [2.75, 3.05) is 31.6 Å². The summed E-state index contributed by atoms with van der Waals surface area (Å²) in [6.45, 7) is 6.23. The van der Waals surface area contributed by atoms with Gasteiger partial charge in [-0.15, -0.1) is 24.8 Å². The van der Waals surface area contributed by atoms with Gasteiger partial charge in [-0.25, -0.2) is 0 Å². The predicted molar refractivity (Wildman–Crippen MR) is 112 cm³/mol. The van der Waals surface area contributed by atoms with Gasteiger partial charge < -0.3 is 15.4 Å². The lowest BCUT2D eigenvalue weighted by Crippen LogP contribution is -2.35. The molecule has 2 N–H and O–H groups in total. The summed E-state index contributed by atoms with van der Waals surface area (Å²) in [4.78, 5) is 14.8. The number of nitrogens with zero attached hydrogens (tertiary/aromatic N) is 1. The van der Waals surface area contributed by atoms with E-state index in [9.17, 15) is 4.79 Å². The van der Waals surface area contributed by atoms with Crippen LogP contribution >= 0.6 is 24.8 Å². The first-order chi connectivity index (χ1) is 12.3. The topological polar surface area (TPSA) is 53.6 Å². The fourth-order valence-corrected chi connectivity index (χ4v) is 3.35. The van der Waals surface area contributed by atoms with Crippen molar-refractivity contribution in [1.82, 2.24) is 10.2 Å². The van der Waals surface area contributed by atoms with Crippen LogP contribution in [0, 0.1) is 0 Å². The van der Waals surface area contributed by atoms with Crippen molar-refractivity contribution >= 4 is 36.4 Å². The van der Waals surface area contributed by atoms with E-state index >= 15 is 0 Å². The SMILES string of the molecule is Cl.Cl.O=C(Nc1ccc(CN2CCOCC2)cc1)c1ccc2c(c1)CNC2. The number of carbonyl (C=O) groups excluding carboxylic acids is 1. The zero-order valence-electron chi connectivity index (χ0n) is 15.1. The minimum absolute atomic E-state index is 0. The van der Waals surface area contributed by atoms with Gasteiger partial charge in [0.2, 0.25) is 0 Å². The van der Waals surface area contributed by atoms with E-state index in [4.69, 9.17) is 4.74 Å². The third kappa shape index (κ3) is 5.43. The molecular weight excluding hydrogens is 385 g/mol. The number of fused-ring (bicyclic) bond motifs is 1. The number of rotatable bonds is 4. The molecule has 146 valence electrons. The molecule has 0 radical (unpaired) electrons. The number of hydrogen-bond donors (Lipinski definition) is 2. The van der Waals surface area contributed by atoms with Crippen LogP contribution in [-0.2, 0) is 24.4 Å². The highest BCUT2D eigenvalue weighted by Gasteiger charge is 2.14. The molecule has 2 aromatic rings. The zero-order valence-corrected chi connectivity index (χ0v) is 16.7. The number of nitrogens with one attached hydrogen (secondary N) is 2. The van der Waals surface area contributed by atoms with Gasteiger partial charge >= 0.3 is 0 Å². The van der Waals surface area contributed by atoms with Crippen LogP contribution in [-0.4, -0.2) is 37.1 Å². The molecule has 0 saturated carbocycles. The largest absolute Gasteiger partial charge is 0.379 e. The fourth-order valence-electron chi connectivity index (χ4n) is 3.35. The number of amides is 1. The Labute approximate surface area is 172 Å². The minimum Gasteiger partial charge on any atom is -0.379 e. The highest BCUT2D eigenvalue weighted by molar-refractivity contribution is 6.04. The van der Waals surface area contributed by atoms with E-state index < -0.39 is 0 Å². The van der Waals surface area contributed by atoms with E-state index in [1.54, 1.807) is 0 Å². The van der Waals surface area contributed by atoms with Gasteiger partial charge in [0.15, 0.2) is 0 Å². The molecule has 0 aromatic heterocycles. The van der Waals surface area contributed by atoms with Gasteiger partial charge in [-0.1, -0.05) is 18.2 Å². The first-order valence-electron chi connectivity index (χ1n) is 8.81. The van der Waals surface area contributed by atoms with Crippen molar-refractivity contribution in [2.24, 2.45) is 0 Å². The molecule has 2 heterocycles. The lowest BCUT2D eigenvalue weighted by Gasteiger charge is -2.26. The molecule has 1 fully saturated rings. The molecule has 0 unspecified atom stereocenters. The maximum absolute atomic E-state index is 12.5. The average Bonchev–Trinajstić information content (AvgIpc) is 3.12. The fraction of sp³-hybridized carbons (Fsp3) is 0.350. The molecule has 0 bridgehead atoms. The summed E-state index contributed by atoms with van der Waals surface area (Å²) in [5.41, 5.74) is 5.29. The maximum atomic E-state index is 12.5. The number of ether oxygens (including phenoxy) is 1. The molecule has 2 aromatic carbocycles. The molecule has 2 aliphatic rings. The van der Waals surface area contributed by atoms with Crippen molar-refractivity contribution in [3.8, 4) is 0 Å².